The first-order chi connectivity index (χ1) is 11.4. The normalized spacial score (nSPS) is 14.6. The highest BCUT2D eigenvalue weighted by atomic mass is 35.5. The van der Waals surface area contributed by atoms with Crippen LogP contribution in [-0.2, 0) is 10.0 Å². The summed E-state index contributed by atoms with van der Waals surface area (Å²) >= 11 is 5.80. The minimum atomic E-state index is -3.49. The monoisotopic (exact) mass is 364 g/mol. The summed E-state index contributed by atoms with van der Waals surface area (Å²) in [5.74, 6) is -0.309. The van der Waals surface area contributed by atoms with E-state index >= 15 is 0 Å². The van der Waals surface area contributed by atoms with E-state index in [1.165, 1.54) is 28.6 Å². The highest BCUT2D eigenvalue weighted by molar-refractivity contribution is 7.89. The van der Waals surface area contributed by atoms with Gasteiger partial charge in [0.05, 0.1) is 4.90 Å². The molecule has 5 nitrogen and oxygen atoms in total. The predicted molar refractivity (Wildman–Crippen MR) is 93.8 cm³/mol. The summed E-state index contributed by atoms with van der Waals surface area (Å²) in [5.41, 5.74) is 1.01. The molecular formula is C17H17ClN2O3S. The summed E-state index contributed by atoms with van der Waals surface area (Å²) in [6, 6.07) is 12.8. The number of amides is 1. The van der Waals surface area contributed by atoms with Crippen molar-refractivity contribution >= 4 is 33.2 Å². The lowest BCUT2D eigenvalue weighted by atomic mass is 10.2. The minimum absolute atomic E-state index is 0.0999. The third-order valence-electron chi connectivity index (χ3n) is 3.96. The second-order valence-corrected chi connectivity index (χ2v) is 8.17. The van der Waals surface area contributed by atoms with Crippen LogP contribution in [0.1, 0.15) is 23.2 Å². The Labute approximate surface area is 146 Å². The molecule has 0 saturated heterocycles. The maximum Gasteiger partial charge on any atom is 0.255 e. The lowest BCUT2D eigenvalue weighted by Gasteiger charge is -2.16. The van der Waals surface area contributed by atoms with Crippen LogP contribution in [-0.4, -0.2) is 31.7 Å². The highest BCUT2D eigenvalue weighted by Gasteiger charge is 2.34. The number of hydrogen-bond donors (Lipinski definition) is 1. The van der Waals surface area contributed by atoms with Crippen molar-refractivity contribution in [3.8, 4) is 0 Å². The number of carbonyl (C=O) groups is 1. The largest absolute Gasteiger partial charge is 0.322 e. The second-order valence-electron chi connectivity index (χ2n) is 5.74. The fourth-order valence-corrected chi connectivity index (χ4v) is 3.86. The van der Waals surface area contributed by atoms with Gasteiger partial charge in [-0.25, -0.2) is 8.42 Å². The van der Waals surface area contributed by atoms with E-state index < -0.39 is 10.0 Å². The molecule has 0 bridgehead atoms. The van der Waals surface area contributed by atoms with Crippen molar-refractivity contribution in [1.82, 2.24) is 4.31 Å². The van der Waals surface area contributed by atoms with E-state index in [2.05, 4.69) is 5.32 Å². The van der Waals surface area contributed by atoms with Gasteiger partial charge in [-0.15, -0.1) is 0 Å². The molecule has 0 heterocycles. The fraction of sp³-hybridized carbons (Fsp3) is 0.235. The van der Waals surface area contributed by atoms with Crippen LogP contribution in [0.5, 0.6) is 0 Å². The number of nitrogens with zero attached hydrogens (tertiary/aromatic N) is 1. The summed E-state index contributed by atoms with van der Waals surface area (Å²) in [5, 5.41) is 3.32. The Balaban J connectivity index is 1.74. The zero-order valence-corrected chi connectivity index (χ0v) is 14.6. The number of rotatable bonds is 5. The molecule has 0 atom stereocenters. The number of halogens is 1. The van der Waals surface area contributed by atoms with Gasteiger partial charge in [-0.3, -0.25) is 4.79 Å². The molecule has 2 aromatic rings. The number of sulfonamides is 1. The molecule has 0 radical (unpaired) electrons. The lowest BCUT2D eigenvalue weighted by Crippen LogP contribution is -2.29. The van der Waals surface area contributed by atoms with Crippen LogP contribution in [0.4, 0.5) is 5.69 Å². The van der Waals surface area contributed by atoms with Gasteiger partial charge in [0.25, 0.3) is 5.91 Å². The van der Waals surface area contributed by atoms with Gasteiger partial charge in [-0.1, -0.05) is 11.6 Å². The topological polar surface area (TPSA) is 66.5 Å². The van der Waals surface area contributed by atoms with E-state index in [0.29, 0.717) is 16.3 Å². The smallest absolute Gasteiger partial charge is 0.255 e. The molecule has 1 N–H and O–H groups in total. The van der Waals surface area contributed by atoms with Crippen LogP contribution in [0.15, 0.2) is 53.4 Å². The molecule has 24 heavy (non-hydrogen) atoms. The second kappa shape index (κ2) is 6.55. The molecule has 126 valence electrons. The van der Waals surface area contributed by atoms with Gasteiger partial charge < -0.3 is 5.32 Å². The molecule has 1 amide bonds. The van der Waals surface area contributed by atoms with E-state index in [9.17, 15) is 13.2 Å². The molecule has 2 aromatic carbocycles. The molecule has 0 aromatic heterocycles. The van der Waals surface area contributed by atoms with Crippen LogP contribution in [0.3, 0.4) is 0 Å². The van der Waals surface area contributed by atoms with Gasteiger partial charge in [0.15, 0.2) is 0 Å². The van der Waals surface area contributed by atoms with Crippen LogP contribution in [0.25, 0.3) is 0 Å². The van der Waals surface area contributed by atoms with E-state index in [0.717, 1.165) is 12.8 Å². The maximum atomic E-state index is 12.4. The van der Waals surface area contributed by atoms with Gasteiger partial charge >= 0.3 is 0 Å². The predicted octanol–water partition coefficient (Wildman–Crippen LogP) is 3.38. The zero-order valence-electron chi connectivity index (χ0n) is 13.1. The van der Waals surface area contributed by atoms with Crippen LogP contribution in [0.2, 0.25) is 5.02 Å². The van der Waals surface area contributed by atoms with Gasteiger partial charge in [0.2, 0.25) is 10.0 Å². The summed E-state index contributed by atoms with van der Waals surface area (Å²) < 4.78 is 26.3. The lowest BCUT2D eigenvalue weighted by molar-refractivity contribution is 0.102. The SMILES string of the molecule is CN(C1CC1)S(=O)(=O)c1ccc(C(=O)Nc2ccc(Cl)cc2)cc1. The van der Waals surface area contributed by atoms with Crippen LogP contribution in [0, 0.1) is 0 Å². The zero-order chi connectivity index (χ0) is 17.3. The van der Waals surface area contributed by atoms with Crippen LogP contribution >= 0.6 is 11.6 Å². The molecule has 1 saturated carbocycles. The van der Waals surface area contributed by atoms with Gasteiger partial charge in [-0.2, -0.15) is 4.31 Å². The first-order valence-corrected chi connectivity index (χ1v) is 9.35. The molecule has 0 aliphatic heterocycles. The van der Waals surface area contributed by atoms with Crippen molar-refractivity contribution in [2.75, 3.05) is 12.4 Å². The summed E-state index contributed by atoms with van der Waals surface area (Å²) in [6.45, 7) is 0. The third kappa shape index (κ3) is 3.61. The molecule has 0 spiro atoms. The van der Waals surface area contributed by atoms with E-state index in [-0.39, 0.29) is 16.8 Å². The molecular weight excluding hydrogens is 348 g/mol. The number of benzene rings is 2. The fourth-order valence-electron chi connectivity index (χ4n) is 2.32. The third-order valence-corrected chi connectivity index (χ3v) is 6.13. The Morgan fingerprint density at radius 1 is 1.08 bits per heavy atom. The Bertz CT molecular complexity index is 844. The summed E-state index contributed by atoms with van der Waals surface area (Å²) in [7, 11) is -1.90. The van der Waals surface area contributed by atoms with Gasteiger partial charge in [-0.05, 0) is 61.4 Å². The van der Waals surface area contributed by atoms with Crippen LogP contribution < -0.4 is 5.32 Å². The van der Waals surface area contributed by atoms with Gasteiger partial charge in [0.1, 0.15) is 0 Å². The first kappa shape index (κ1) is 17.0. The summed E-state index contributed by atoms with van der Waals surface area (Å²) in [4.78, 5) is 12.4. The molecule has 1 aliphatic carbocycles. The first-order valence-electron chi connectivity index (χ1n) is 7.53. The van der Waals surface area contributed by atoms with Crippen molar-refractivity contribution in [2.24, 2.45) is 0 Å². The molecule has 3 rings (SSSR count). The maximum absolute atomic E-state index is 12.4. The average Bonchev–Trinajstić information content (AvgIpc) is 3.41. The molecule has 0 unspecified atom stereocenters. The van der Waals surface area contributed by atoms with Crippen molar-refractivity contribution in [3.05, 3.63) is 59.1 Å². The van der Waals surface area contributed by atoms with E-state index in [1.54, 1.807) is 31.3 Å². The number of carbonyl (C=O) groups excluding carboxylic acids is 1. The van der Waals surface area contributed by atoms with Crippen molar-refractivity contribution in [3.63, 3.8) is 0 Å². The Kier molecular flexibility index (Phi) is 4.62. The Hall–Kier alpha value is -1.89. The highest BCUT2D eigenvalue weighted by Crippen LogP contribution is 2.30. The Morgan fingerprint density at radius 2 is 1.67 bits per heavy atom. The van der Waals surface area contributed by atoms with E-state index in [4.69, 9.17) is 11.6 Å². The number of anilines is 1. The van der Waals surface area contributed by atoms with Crippen molar-refractivity contribution in [2.45, 2.75) is 23.8 Å². The number of hydrogen-bond acceptors (Lipinski definition) is 3. The quantitative estimate of drug-likeness (QED) is 0.884. The average molecular weight is 365 g/mol. The molecule has 7 heteroatoms. The van der Waals surface area contributed by atoms with E-state index in [1.807, 2.05) is 0 Å². The van der Waals surface area contributed by atoms with Crippen molar-refractivity contribution < 1.29 is 13.2 Å². The minimum Gasteiger partial charge on any atom is -0.322 e. The van der Waals surface area contributed by atoms with Crippen molar-refractivity contribution in [1.29, 1.82) is 0 Å². The standard InChI is InChI=1S/C17H17ClN2O3S/c1-20(15-8-9-15)24(22,23)16-10-2-12(3-11-16)17(21)19-14-6-4-13(18)5-7-14/h2-7,10-11,15H,8-9H2,1H3,(H,19,21). The summed E-state index contributed by atoms with van der Waals surface area (Å²) in [6.07, 6.45) is 1.80. The van der Waals surface area contributed by atoms with Gasteiger partial charge in [0, 0.05) is 29.4 Å². The number of nitrogens with one attached hydrogen (secondary N) is 1. The molecule has 1 aliphatic rings. The Morgan fingerprint density at radius 3 is 2.21 bits per heavy atom. The molecule has 1 fully saturated rings.